The summed E-state index contributed by atoms with van der Waals surface area (Å²) in [6.07, 6.45) is 2.22. The van der Waals surface area contributed by atoms with E-state index in [0.717, 1.165) is 38.6 Å². The first-order valence-electron chi connectivity index (χ1n) is 16.6. The normalized spacial score (nSPS) is 11.7. The molecule has 0 aliphatic heterocycles. The first kappa shape index (κ1) is 35.8. The Bertz CT molecular complexity index is 2190. The van der Waals surface area contributed by atoms with Crippen molar-refractivity contribution in [3.8, 4) is 28.1 Å². The van der Waals surface area contributed by atoms with Crippen LogP contribution in [-0.4, -0.2) is 35.1 Å². The Morgan fingerprint density at radius 3 is 2.21 bits per heavy atom. The average molecular weight is 725 g/mol. The number of thioether (sulfide) groups is 1. The molecule has 52 heavy (non-hydrogen) atoms. The molecule has 0 spiro atoms. The number of hydrogen-bond acceptors (Lipinski definition) is 7. The fourth-order valence-electron chi connectivity index (χ4n) is 5.28. The van der Waals surface area contributed by atoms with Gasteiger partial charge in [0.2, 0.25) is 5.91 Å². The number of amides is 3. The number of thiazole rings is 1. The maximum atomic E-state index is 13.7. The van der Waals surface area contributed by atoms with Crippen molar-refractivity contribution >= 4 is 57.7 Å². The van der Waals surface area contributed by atoms with Gasteiger partial charge >= 0.3 is 0 Å². The van der Waals surface area contributed by atoms with Gasteiger partial charge < -0.3 is 20.7 Å². The molecule has 1 aromatic heterocycles. The van der Waals surface area contributed by atoms with Crippen molar-refractivity contribution in [2.45, 2.75) is 23.5 Å². The predicted octanol–water partition coefficient (Wildman–Crippen LogP) is 9.40. The Kier molecular flexibility index (Phi) is 11.9. The summed E-state index contributed by atoms with van der Waals surface area (Å²) in [5.74, 6) is -0.325. The minimum absolute atomic E-state index is 0.0851. The van der Waals surface area contributed by atoms with Crippen LogP contribution >= 0.6 is 23.1 Å². The second kappa shape index (κ2) is 17.3. The number of rotatable bonds is 13. The van der Waals surface area contributed by atoms with E-state index in [1.807, 2.05) is 115 Å². The first-order valence-corrected chi connectivity index (χ1v) is 18.4. The average Bonchev–Trinajstić information content (AvgIpc) is 3.66. The van der Waals surface area contributed by atoms with Gasteiger partial charge in [0.25, 0.3) is 11.8 Å². The fourth-order valence-corrected chi connectivity index (χ4v) is 7.01. The maximum absolute atomic E-state index is 13.7. The van der Waals surface area contributed by atoms with Crippen molar-refractivity contribution in [3.05, 3.63) is 156 Å². The van der Waals surface area contributed by atoms with Crippen LogP contribution < -0.4 is 20.7 Å². The molecule has 10 heteroatoms. The van der Waals surface area contributed by atoms with E-state index in [1.54, 1.807) is 43.5 Å². The van der Waals surface area contributed by atoms with Crippen LogP contribution in [-0.2, 0) is 9.59 Å². The number of anilines is 2. The summed E-state index contributed by atoms with van der Waals surface area (Å²) < 4.78 is 5.32. The summed E-state index contributed by atoms with van der Waals surface area (Å²) >= 11 is 2.76. The SMILES string of the molecule is CCC(Sc1cccc(NC(=O)/C(=C\c2ccc(-c3ccccc3)cc2)NC(=O)c2ccccc2)c1)C(=O)Nc1nc(-c2cccc(OC)c2)cs1. The number of nitrogens with one attached hydrogen (secondary N) is 3. The number of hydrogen-bond donors (Lipinski definition) is 3. The highest BCUT2D eigenvalue weighted by Crippen LogP contribution is 2.31. The summed E-state index contributed by atoms with van der Waals surface area (Å²) in [5, 5.41) is 10.7. The lowest BCUT2D eigenvalue weighted by Gasteiger charge is -2.15. The number of ether oxygens (including phenoxy) is 1. The molecule has 5 aromatic carbocycles. The molecule has 260 valence electrons. The molecule has 0 fully saturated rings. The van der Waals surface area contributed by atoms with Gasteiger partial charge in [-0.25, -0.2) is 4.98 Å². The molecule has 3 N–H and O–H groups in total. The van der Waals surface area contributed by atoms with Crippen molar-refractivity contribution in [1.29, 1.82) is 0 Å². The van der Waals surface area contributed by atoms with Crippen LogP contribution in [0.3, 0.4) is 0 Å². The largest absolute Gasteiger partial charge is 0.497 e. The monoisotopic (exact) mass is 724 g/mol. The molecule has 8 nitrogen and oxygen atoms in total. The lowest BCUT2D eigenvalue weighted by molar-refractivity contribution is -0.116. The molecule has 0 aliphatic rings. The second-order valence-electron chi connectivity index (χ2n) is 11.6. The molecular weight excluding hydrogens is 689 g/mol. The number of aromatic nitrogens is 1. The Hall–Kier alpha value is -5.97. The van der Waals surface area contributed by atoms with Crippen LogP contribution in [0.1, 0.15) is 29.3 Å². The Morgan fingerprint density at radius 2 is 1.48 bits per heavy atom. The Balaban J connectivity index is 1.15. The fraction of sp³-hybridized carbons (Fsp3) is 0.0952. The highest BCUT2D eigenvalue weighted by Gasteiger charge is 2.21. The number of benzene rings is 5. The summed E-state index contributed by atoms with van der Waals surface area (Å²) in [4.78, 5) is 45.6. The van der Waals surface area contributed by atoms with Crippen LogP contribution in [0.25, 0.3) is 28.5 Å². The summed E-state index contributed by atoms with van der Waals surface area (Å²) in [6.45, 7) is 1.95. The van der Waals surface area contributed by atoms with Crippen LogP contribution in [0.5, 0.6) is 5.75 Å². The minimum atomic E-state index is -0.487. The quantitative estimate of drug-likeness (QED) is 0.0809. The molecular formula is C42H36N4O4S2. The van der Waals surface area contributed by atoms with Gasteiger partial charge in [-0.2, -0.15) is 0 Å². The third-order valence-electron chi connectivity index (χ3n) is 7.99. The van der Waals surface area contributed by atoms with Crippen molar-refractivity contribution < 1.29 is 19.1 Å². The van der Waals surface area contributed by atoms with E-state index in [0.29, 0.717) is 22.8 Å². The Morgan fingerprint density at radius 1 is 0.788 bits per heavy atom. The predicted molar refractivity (Wildman–Crippen MR) is 212 cm³/mol. The van der Waals surface area contributed by atoms with Crippen LogP contribution in [0, 0.1) is 0 Å². The van der Waals surface area contributed by atoms with Gasteiger partial charge in [0.05, 0.1) is 18.1 Å². The third kappa shape index (κ3) is 9.42. The minimum Gasteiger partial charge on any atom is -0.497 e. The van der Waals surface area contributed by atoms with Gasteiger partial charge in [-0.15, -0.1) is 23.1 Å². The van der Waals surface area contributed by atoms with Crippen LogP contribution in [0.15, 0.2) is 149 Å². The molecule has 1 atom stereocenters. The van der Waals surface area contributed by atoms with Gasteiger partial charge in [0, 0.05) is 27.1 Å². The van der Waals surface area contributed by atoms with Gasteiger partial charge in [0.15, 0.2) is 5.13 Å². The van der Waals surface area contributed by atoms with Crippen molar-refractivity contribution in [3.63, 3.8) is 0 Å². The number of methoxy groups -OCH3 is 1. The molecule has 0 aliphatic carbocycles. The van der Waals surface area contributed by atoms with Gasteiger partial charge in [-0.05, 0) is 71.7 Å². The Labute approximate surface area is 311 Å². The molecule has 1 unspecified atom stereocenters. The molecule has 0 saturated carbocycles. The summed E-state index contributed by atoms with van der Waals surface area (Å²) in [5.41, 5.74) is 5.54. The lowest BCUT2D eigenvalue weighted by atomic mass is 10.0. The second-order valence-corrected chi connectivity index (χ2v) is 13.8. The molecule has 0 bridgehead atoms. The topological polar surface area (TPSA) is 109 Å². The van der Waals surface area contributed by atoms with Gasteiger partial charge in [0.1, 0.15) is 11.4 Å². The summed E-state index contributed by atoms with van der Waals surface area (Å²) in [7, 11) is 1.62. The van der Waals surface area contributed by atoms with Crippen molar-refractivity contribution in [1.82, 2.24) is 10.3 Å². The number of carbonyl (C=O) groups is 3. The maximum Gasteiger partial charge on any atom is 0.272 e. The van der Waals surface area contributed by atoms with E-state index < -0.39 is 17.1 Å². The molecule has 0 saturated heterocycles. The number of carbonyl (C=O) groups excluding carboxylic acids is 3. The standard InChI is InChI=1S/C42H36N4O4S2/c1-3-38(41(49)46-42-45-37(27-51-42)32-16-10-18-34(25-32)50-2)52-35-19-11-17-33(26-35)43-40(48)36(44-39(47)31-14-8-5-9-15-31)24-28-20-22-30(23-21-28)29-12-6-4-7-13-29/h4-27,38H,3H2,1-2H3,(H,43,48)(H,44,47)(H,45,46,49)/b36-24+. The van der Waals surface area contributed by atoms with Crippen LogP contribution in [0.2, 0.25) is 0 Å². The van der Waals surface area contributed by atoms with E-state index in [9.17, 15) is 14.4 Å². The highest BCUT2D eigenvalue weighted by molar-refractivity contribution is 8.00. The van der Waals surface area contributed by atoms with Crippen LogP contribution in [0.4, 0.5) is 10.8 Å². The van der Waals surface area contributed by atoms with Gasteiger partial charge in [-0.3, -0.25) is 14.4 Å². The smallest absolute Gasteiger partial charge is 0.272 e. The molecule has 1 heterocycles. The lowest BCUT2D eigenvalue weighted by Crippen LogP contribution is -2.30. The van der Waals surface area contributed by atoms with Crippen molar-refractivity contribution in [2.24, 2.45) is 0 Å². The molecule has 6 rings (SSSR count). The van der Waals surface area contributed by atoms with Gasteiger partial charge in [-0.1, -0.05) is 97.9 Å². The zero-order valence-electron chi connectivity index (χ0n) is 28.5. The highest BCUT2D eigenvalue weighted by atomic mass is 32.2. The molecule has 3 amide bonds. The molecule has 6 aromatic rings. The molecule has 0 radical (unpaired) electrons. The van der Waals surface area contributed by atoms with E-state index in [1.165, 1.54) is 23.1 Å². The van der Waals surface area contributed by atoms with E-state index in [4.69, 9.17) is 4.74 Å². The number of nitrogens with zero attached hydrogens (tertiary/aromatic N) is 1. The zero-order valence-corrected chi connectivity index (χ0v) is 30.2. The summed E-state index contributed by atoms with van der Waals surface area (Å²) in [6, 6.07) is 41.4. The first-order chi connectivity index (χ1) is 25.4. The third-order valence-corrected chi connectivity index (χ3v) is 10.1. The van der Waals surface area contributed by atoms with Crippen molar-refractivity contribution in [2.75, 3.05) is 17.7 Å². The van der Waals surface area contributed by atoms with E-state index >= 15 is 0 Å². The zero-order chi connectivity index (χ0) is 36.3. The van der Waals surface area contributed by atoms with E-state index in [2.05, 4.69) is 20.9 Å². The van der Waals surface area contributed by atoms with E-state index in [-0.39, 0.29) is 11.6 Å².